The highest BCUT2D eigenvalue weighted by atomic mass is 16.5. The predicted octanol–water partition coefficient (Wildman–Crippen LogP) is 7.97. The third-order valence-corrected chi connectivity index (χ3v) is 6.66. The van der Waals surface area contributed by atoms with Gasteiger partial charge in [0, 0.05) is 18.5 Å². The van der Waals surface area contributed by atoms with Crippen LogP contribution in [0.1, 0.15) is 64.5 Å². The van der Waals surface area contributed by atoms with Gasteiger partial charge in [-0.1, -0.05) is 74.5 Å². The van der Waals surface area contributed by atoms with Gasteiger partial charge >= 0.3 is 0 Å². The van der Waals surface area contributed by atoms with Crippen molar-refractivity contribution in [2.45, 2.75) is 65.4 Å². The molecule has 1 saturated heterocycles. The van der Waals surface area contributed by atoms with Crippen molar-refractivity contribution in [3.63, 3.8) is 0 Å². The second-order valence-electron chi connectivity index (χ2n) is 11.0. The van der Waals surface area contributed by atoms with E-state index in [0.717, 1.165) is 35.4 Å². The van der Waals surface area contributed by atoms with E-state index >= 15 is 0 Å². The molecule has 0 bridgehead atoms. The summed E-state index contributed by atoms with van der Waals surface area (Å²) in [6.07, 6.45) is 12.3. The fourth-order valence-corrected chi connectivity index (χ4v) is 4.75. The Morgan fingerprint density at radius 2 is 1.69 bits per heavy atom. The van der Waals surface area contributed by atoms with Crippen molar-refractivity contribution in [2.24, 2.45) is 0 Å². The highest BCUT2D eigenvalue weighted by Crippen LogP contribution is 2.25. The Balaban J connectivity index is 1.75. The summed E-state index contributed by atoms with van der Waals surface area (Å²) < 4.78 is 11.9. The third-order valence-electron chi connectivity index (χ3n) is 6.66. The second kappa shape index (κ2) is 15.3. The molecule has 208 valence electrons. The maximum atomic E-state index is 13.7. The summed E-state index contributed by atoms with van der Waals surface area (Å²) in [6, 6.07) is 18.1. The minimum absolute atomic E-state index is 0.0796. The van der Waals surface area contributed by atoms with Crippen molar-refractivity contribution in [2.75, 3.05) is 26.2 Å². The van der Waals surface area contributed by atoms with Gasteiger partial charge in [0.15, 0.2) is 5.78 Å². The lowest BCUT2D eigenvalue weighted by molar-refractivity contribution is -0.114. The van der Waals surface area contributed by atoms with E-state index in [1.165, 1.54) is 32.4 Å². The van der Waals surface area contributed by atoms with Crippen molar-refractivity contribution < 1.29 is 14.3 Å². The van der Waals surface area contributed by atoms with Crippen LogP contribution < -0.4 is 4.74 Å². The molecule has 3 rings (SSSR count). The number of piperidine rings is 1. The SMILES string of the molecule is C=C\C(=C/C=C/C(C(=O)Cc1ccc(OCCN2CCCCC2)cc1)=C(/CC)c1ccccc1)OC(C)(C)C. The van der Waals surface area contributed by atoms with Crippen LogP contribution in [-0.2, 0) is 16.0 Å². The van der Waals surface area contributed by atoms with Gasteiger partial charge in [0.25, 0.3) is 0 Å². The van der Waals surface area contributed by atoms with E-state index in [0.29, 0.717) is 24.4 Å². The summed E-state index contributed by atoms with van der Waals surface area (Å²) in [5, 5.41) is 0. The number of allylic oxidation sites excluding steroid dienone is 6. The normalized spacial score (nSPS) is 15.6. The first-order valence-corrected chi connectivity index (χ1v) is 14.2. The number of ketones is 1. The van der Waals surface area contributed by atoms with E-state index < -0.39 is 0 Å². The Labute approximate surface area is 235 Å². The predicted molar refractivity (Wildman–Crippen MR) is 163 cm³/mol. The zero-order valence-corrected chi connectivity index (χ0v) is 24.2. The van der Waals surface area contributed by atoms with Crippen LogP contribution in [0.25, 0.3) is 5.57 Å². The Morgan fingerprint density at radius 3 is 2.31 bits per heavy atom. The van der Waals surface area contributed by atoms with Crippen LogP contribution in [0.3, 0.4) is 0 Å². The lowest BCUT2D eigenvalue weighted by Crippen LogP contribution is -2.33. The molecule has 0 unspecified atom stereocenters. The van der Waals surface area contributed by atoms with E-state index in [2.05, 4.69) is 30.5 Å². The number of likely N-dealkylation sites (tertiary alicyclic amines) is 1. The Hall–Kier alpha value is -3.37. The number of Topliss-reactive ketones (excluding diaryl/α,β-unsaturated/α-hetero) is 1. The average molecular weight is 528 g/mol. The van der Waals surface area contributed by atoms with Crippen molar-refractivity contribution in [1.29, 1.82) is 0 Å². The van der Waals surface area contributed by atoms with Gasteiger partial charge in [0.1, 0.15) is 23.7 Å². The van der Waals surface area contributed by atoms with E-state index in [-0.39, 0.29) is 11.4 Å². The quantitative estimate of drug-likeness (QED) is 0.150. The van der Waals surface area contributed by atoms with E-state index in [1.54, 1.807) is 6.08 Å². The second-order valence-corrected chi connectivity index (χ2v) is 11.0. The Kier molecular flexibility index (Phi) is 11.8. The van der Waals surface area contributed by atoms with Gasteiger partial charge in [-0.2, -0.15) is 0 Å². The number of carbonyl (C=O) groups excluding carboxylic acids is 1. The van der Waals surface area contributed by atoms with Crippen LogP contribution in [0.15, 0.2) is 96.8 Å². The number of rotatable bonds is 13. The van der Waals surface area contributed by atoms with Gasteiger partial charge in [-0.3, -0.25) is 9.69 Å². The molecular formula is C35H45NO3. The first-order valence-electron chi connectivity index (χ1n) is 14.2. The van der Waals surface area contributed by atoms with E-state index in [1.807, 2.05) is 81.5 Å². The molecule has 1 aliphatic rings. The molecule has 0 aromatic heterocycles. The minimum atomic E-state index is -0.329. The summed E-state index contributed by atoms with van der Waals surface area (Å²) in [6.45, 7) is 15.9. The van der Waals surface area contributed by atoms with Gasteiger partial charge in [0.05, 0.1) is 0 Å². The number of ether oxygens (including phenoxy) is 2. The highest BCUT2D eigenvalue weighted by molar-refractivity contribution is 6.06. The summed E-state index contributed by atoms with van der Waals surface area (Å²) in [5.41, 5.74) is 3.44. The topological polar surface area (TPSA) is 38.8 Å². The zero-order valence-electron chi connectivity index (χ0n) is 24.2. The molecule has 0 spiro atoms. The third kappa shape index (κ3) is 10.4. The molecule has 1 heterocycles. The first-order chi connectivity index (χ1) is 18.8. The van der Waals surface area contributed by atoms with Crippen LogP contribution in [0.5, 0.6) is 5.75 Å². The smallest absolute Gasteiger partial charge is 0.167 e. The summed E-state index contributed by atoms with van der Waals surface area (Å²) in [4.78, 5) is 16.1. The Bertz CT molecular complexity index is 1140. The molecule has 4 heteroatoms. The van der Waals surface area contributed by atoms with Gasteiger partial charge in [-0.15, -0.1) is 0 Å². The molecule has 0 atom stereocenters. The monoisotopic (exact) mass is 527 g/mol. The van der Waals surface area contributed by atoms with Gasteiger partial charge in [-0.25, -0.2) is 0 Å². The molecule has 4 nitrogen and oxygen atoms in total. The van der Waals surface area contributed by atoms with Crippen molar-refractivity contribution in [1.82, 2.24) is 4.90 Å². The lowest BCUT2D eigenvalue weighted by Gasteiger charge is -2.26. The number of hydrogen-bond donors (Lipinski definition) is 0. The van der Waals surface area contributed by atoms with Crippen molar-refractivity contribution in [3.05, 3.63) is 108 Å². The summed E-state index contributed by atoms with van der Waals surface area (Å²) >= 11 is 0. The van der Waals surface area contributed by atoms with Crippen molar-refractivity contribution >= 4 is 11.4 Å². The standard InChI is InChI=1S/C35H45NO3/c1-6-30(39-35(3,4)5)17-14-18-33(32(7-2)29-15-10-8-11-16-29)34(37)27-28-19-21-31(22-20-28)38-26-25-36-23-12-9-13-24-36/h6,8,10-11,14-22H,1,7,9,12-13,23-27H2,2-5H3/b18-14+,30-17+,33-32+. The molecule has 0 N–H and O–H groups in total. The highest BCUT2D eigenvalue weighted by Gasteiger charge is 2.15. The number of nitrogens with zero attached hydrogens (tertiary/aromatic N) is 1. The number of carbonyl (C=O) groups is 1. The fourth-order valence-electron chi connectivity index (χ4n) is 4.75. The molecule has 1 aliphatic heterocycles. The largest absolute Gasteiger partial charge is 0.492 e. The van der Waals surface area contributed by atoms with Crippen LogP contribution in [0, 0.1) is 0 Å². The number of hydrogen-bond acceptors (Lipinski definition) is 4. The van der Waals surface area contributed by atoms with E-state index in [4.69, 9.17) is 9.47 Å². The lowest BCUT2D eigenvalue weighted by atomic mass is 9.92. The zero-order chi connectivity index (χ0) is 28.1. The summed E-state index contributed by atoms with van der Waals surface area (Å²) in [7, 11) is 0. The van der Waals surface area contributed by atoms with E-state index in [9.17, 15) is 4.79 Å². The average Bonchev–Trinajstić information content (AvgIpc) is 2.93. The molecule has 1 fully saturated rings. The molecule has 0 amide bonds. The van der Waals surface area contributed by atoms with Crippen LogP contribution in [0.2, 0.25) is 0 Å². The number of benzene rings is 2. The van der Waals surface area contributed by atoms with Gasteiger partial charge < -0.3 is 9.47 Å². The Morgan fingerprint density at radius 1 is 1.00 bits per heavy atom. The maximum Gasteiger partial charge on any atom is 0.167 e. The van der Waals surface area contributed by atoms with Crippen LogP contribution in [-0.4, -0.2) is 42.5 Å². The maximum absolute atomic E-state index is 13.7. The summed E-state index contributed by atoms with van der Waals surface area (Å²) in [5.74, 6) is 1.59. The van der Waals surface area contributed by atoms with Gasteiger partial charge in [0.2, 0.25) is 0 Å². The minimum Gasteiger partial charge on any atom is -0.492 e. The molecule has 0 saturated carbocycles. The molecule has 39 heavy (non-hydrogen) atoms. The molecule has 2 aromatic carbocycles. The molecule has 2 aromatic rings. The van der Waals surface area contributed by atoms with Crippen LogP contribution >= 0.6 is 0 Å². The van der Waals surface area contributed by atoms with Crippen molar-refractivity contribution in [3.8, 4) is 5.75 Å². The molecule has 0 radical (unpaired) electrons. The fraction of sp³-hybridized carbons (Fsp3) is 0.400. The molecule has 0 aliphatic carbocycles. The first kappa shape index (κ1) is 30.2. The van der Waals surface area contributed by atoms with Gasteiger partial charge in [-0.05, 0) is 94.1 Å². The van der Waals surface area contributed by atoms with Crippen LogP contribution in [0.4, 0.5) is 0 Å². The molecular weight excluding hydrogens is 482 g/mol.